The van der Waals surface area contributed by atoms with Gasteiger partial charge >= 0.3 is 6.03 Å². The average molecular weight is 447 g/mol. The summed E-state index contributed by atoms with van der Waals surface area (Å²) in [4.78, 5) is 42.3. The number of nitrogens with zero attached hydrogens (tertiary/aromatic N) is 3. The highest BCUT2D eigenvalue weighted by Gasteiger charge is 2.35. The van der Waals surface area contributed by atoms with Gasteiger partial charge < -0.3 is 24.4 Å². The zero-order chi connectivity index (χ0) is 23.7. The summed E-state index contributed by atoms with van der Waals surface area (Å²) in [6.45, 7) is 3.80. The molecule has 1 aliphatic heterocycles. The highest BCUT2D eigenvalue weighted by Crippen LogP contribution is 2.39. The van der Waals surface area contributed by atoms with Crippen LogP contribution in [0, 0.1) is 0 Å². The number of urea groups is 1. The summed E-state index contributed by atoms with van der Waals surface area (Å²) in [5.74, 6) is -0.0893. The van der Waals surface area contributed by atoms with Crippen LogP contribution in [0.15, 0.2) is 65.3 Å². The number of hydrogen-bond acceptors (Lipinski definition) is 4. The molecule has 0 radical (unpaired) electrons. The van der Waals surface area contributed by atoms with Crippen molar-refractivity contribution in [2.24, 2.45) is 0 Å². The molecular formula is C25H26N4O4. The van der Waals surface area contributed by atoms with Gasteiger partial charge in [-0.25, -0.2) is 4.79 Å². The molecule has 33 heavy (non-hydrogen) atoms. The Bertz CT molecular complexity index is 1190. The molecule has 2 aromatic carbocycles. The molecule has 4 rings (SSSR count). The Hall–Kier alpha value is -4.07. The number of carbonyl (C=O) groups excluding carboxylic acids is 3. The van der Waals surface area contributed by atoms with Crippen molar-refractivity contribution < 1.29 is 18.8 Å². The second-order valence-electron chi connectivity index (χ2n) is 8.24. The number of carbonyl (C=O) groups is 3. The van der Waals surface area contributed by atoms with Gasteiger partial charge in [-0.2, -0.15) is 0 Å². The molecule has 0 saturated carbocycles. The molecule has 8 heteroatoms. The molecule has 8 nitrogen and oxygen atoms in total. The second kappa shape index (κ2) is 8.82. The van der Waals surface area contributed by atoms with Crippen molar-refractivity contribution in [3.63, 3.8) is 0 Å². The SMILES string of the molecule is CC(=O)N1c2ccc(-c3ccc(NC(=O)N(C)C)cc3)cc2N(C(=O)c2ccco2)C[C@@H]1C. The molecule has 1 aliphatic rings. The Balaban J connectivity index is 1.72. The fraction of sp³-hybridized carbons (Fsp3) is 0.240. The third-order valence-electron chi connectivity index (χ3n) is 5.61. The van der Waals surface area contributed by atoms with Crippen LogP contribution in [0.3, 0.4) is 0 Å². The second-order valence-corrected chi connectivity index (χ2v) is 8.24. The van der Waals surface area contributed by atoms with Crippen LogP contribution in [0.2, 0.25) is 0 Å². The van der Waals surface area contributed by atoms with Crippen molar-refractivity contribution in [3.8, 4) is 11.1 Å². The molecular weight excluding hydrogens is 420 g/mol. The maximum absolute atomic E-state index is 13.2. The number of nitrogens with one attached hydrogen (secondary N) is 1. The van der Waals surface area contributed by atoms with Crippen molar-refractivity contribution in [2.75, 3.05) is 35.8 Å². The van der Waals surface area contributed by atoms with E-state index in [-0.39, 0.29) is 29.6 Å². The first-order valence-corrected chi connectivity index (χ1v) is 10.6. The summed E-state index contributed by atoms with van der Waals surface area (Å²) >= 11 is 0. The Labute approximate surface area is 192 Å². The van der Waals surface area contributed by atoms with E-state index in [9.17, 15) is 14.4 Å². The number of rotatable bonds is 3. The first kappa shape index (κ1) is 22.1. The van der Waals surface area contributed by atoms with Gasteiger partial charge in [-0.3, -0.25) is 9.59 Å². The molecule has 2 heterocycles. The molecule has 0 bridgehead atoms. The molecule has 0 spiro atoms. The zero-order valence-electron chi connectivity index (χ0n) is 19.0. The number of hydrogen-bond donors (Lipinski definition) is 1. The Morgan fingerprint density at radius 2 is 1.70 bits per heavy atom. The summed E-state index contributed by atoms with van der Waals surface area (Å²) in [5, 5.41) is 2.81. The van der Waals surface area contributed by atoms with Crippen LogP contribution in [-0.4, -0.2) is 49.4 Å². The van der Waals surface area contributed by atoms with Crippen molar-refractivity contribution in [1.82, 2.24) is 4.90 Å². The fourth-order valence-electron chi connectivity index (χ4n) is 3.99. The predicted molar refractivity (Wildman–Crippen MR) is 128 cm³/mol. The van der Waals surface area contributed by atoms with E-state index < -0.39 is 0 Å². The molecule has 4 amide bonds. The Morgan fingerprint density at radius 1 is 1.00 bits per heavy atom. The van der Waals surface area contributed by atoms with E-state index in [1.807, 2.05) is 49.4 Å². The lowest BCUT2D eigenvalue weighted by Gasteiger charge is -2.40. The van der Waals surface area contributed by atoms with Crippen molar-refractivity contribution >= 4 is 34.9 Å². The van der Waals surface area contributed by atoms with Crippen molar-refractivity contribution in [1.29, 1.82) is 0 Å². The zero-order valence-corrected chi connectivity index (χ0v) is 19.0. The number of fused-ring (bicyclic) bond motifs is 1. The maximum Gasteiger partial charge on any atom is 0.321 e. The van der Waals surface area contributed by atoms with Crippen molar-refractivity contribution in [2.45, 2.75) is 19.9 Å². The predicted octanol–water partition coefficient (Wildman–Crippen LogP) is 4.44. The van der Waals surface area contributed by atoms with Gasteiger partial charge in [0.25, 0.3) is 5.91 Å². The van der Waals surface area contributed by atoms with Gasteiger partial charge in [0.1, 0.15) is 0 Å². The minimum atomic E-state index is -0.254. The molecule has 0 unspecified atom stereocenters. The van der Waals surface area contributed by atoms with Crippen LogP contribution in [0.5, 0.6) is 0 Å². The third-order valence-corrected chi connectivity index (χ3v) is 5.61. The molecule has 0 saturated heterocycles. The summed E-state index contributed by atoms with van der Waals surface area (Å²) in [5.41, 5.74) is 3.81. The van der Waals surface area contributed by atoms with Crippen LogP contribution < -0.4 is 15.1 Å². The van der Waals surface area contributed by atoms with E-state index in [1.54, 1.807) is 36.0 Å². The Kier molecular flexibility index (Phi) is 5.91. The smallest absolute Gasteiger partial charge is 0.321 e. The highest BCUT2D eigenvalue weighted by molar-refractivity contribution is 6.10. The van der Waals surface area contributed by atoms with Crippen LogP contribution >= 0.6 is 0 Å². The first-order chi connectivity index (χ1) is 15.8. The molecule has 1 N–H and O–H groups in total. The number of anilines is 3. The lowest BCUT2D eigenvalue weighted by atomic mass is 10.00. The van der Waals surface area contributed by atoms with E-state index in [2.05, 4.69) is 5.32 Å². The van der Waals surface area contributed by atoms with Gasteiger partial charge in [-0.05, 0) is 54.4 Å². The Morgan fingerprint density at radius 3 is 2.30 bits per heavy atom. The van der Waals surface area contributed by atoms with Crippen molar-refractivity contribution in [3.05, 3.63) is 66.6 Å². The van der Waals surface area contributed by atoms with Gasteiger partial charge in [0.2, 0.25) is 5.91 Å². The summed E-state index contributed by atoms with van der Waals surface area (Å²) < 4.78 is 5.34. The van der Waals surface area contributed by atoms with Crippen LogP contribution in [0.4, 0.5) is 21.9 Å². The largest absolute Gasteiger partial charge is 0.459 e. The summed E-state index contributed by atoms with van der Waals surface area (Å²) in [6, 6.07) is 16.1. The number of furan rings is 1. The normalized spacial score (nSPS) is 15.1. The number of amides is 4. The van der Waals surface area contributed by atoms with E-state index in [1.165, 1.54) is 18.1 Å². The number of benzene rings is 2. The summed E-state index contributed by atoms with van der Waals surface area (Å²) in [6.07, 6.45) is 1.47. The molecule has 1 aromatic heterocycles. The monoisotopic (exact) mass is 446 g/mol. The lowest BCUT2D eigenvalue weighted by molar-refractivity contribution is -0.117. The molecule has 3 aromatic rings. The average Bonchev–Trinajstić information content (AvgIpc) is 3.33. The van der Waals surface area contributed by atoms with E-state index in [0.717, 1.165) is 11.1 Å². The van der Waals surface area contributed by atoms with Crippen LogP contribution in [-0.2, 0) is 4.79 Å². The first-order valence-electron chi connectivity index (χ1n) is 10.6. The molecule has 0 aliphatic carbocycles. The topological polar surface area (TPSA) is 86.1 Å². The van der Waals surface area contributed by atoms with Crippen LogP contribution in [0.25, 0.3) is 11.1 Å². The minimum Gasteiger partial charge on any atom is -0.459 e. The van der Waals surface area contributed by atoms with E-state index in [4.69, 9.17) is 4.42 Å². The summed E-state index contributed by atoms with van der Waals surface area (Å²) in [7, 11) is 3.36. The minimum absolute atomic E-state index is 0.0809. The van der Waals surface area contributed by atoms with Gasteiger partial charge in [0, 0.05) is 33.3 Å². The van der Waals surface area contributed by atoms with Crippen LogP contribution in [0.1, 0.15) is 24.4 Å². The van der Waals surface area contributed by atoms with Gasteiger partial charge in [-0.1, -0.05) is 18.2 Å². The maximum atomic E-state index is 13.2. The van der Waals surface area contributed by atoms with Gasteiger partial charge in [-0.15, -0.1) is 0 Å². The fourth-order valence-corrected chi connectivity index (χ4v) is 3.99. The lowest BCUT2D eigenvalue weighted by Crippen LogP contribution is -2.51. The highest BCUT2D eigenvalue weighted by atomic mass is 16.3. The quantitative estimate of drug-likeness (QED) is 0.644. The van der Waals surface area contributed by atoms with Gasteiger partial charge in [0.15, 0.2) is 5.76 Å². The molecule has 1 atom stereocenters. The van der Waals surface area contributed by atoms with E-state index >= 15 is 0 Å². The van der Waals surface area contributed by atoms with E-state index in [0.29, 0.717) is 23.6 Å². The molecule has 170 valence electrons. The standard InChI is InChI=1S/C25H26N4O4/c1-16-15-28(24(31)23-6-5-13-33-23)22-14-19(9-12-21(22)29(16)17(2)30)18-7-10-20(11-8-18)26-25(32)27(3)4/h5-14,16H,15H2,1-4H3,(H,26,32)/t16-/m0/s1. The van der Waals surface area contributed by atoms with Gasteiger partial charge in [0.05, 0.1) is 23.7 Å². The third kappa shape index (κ3) is 4.32. The molecule has 0 fully saturated rings.